The van der Waals surface area contributed by atoms with Crippen molar-refractivity contribution >= 4 is 0 Å². The average Bonchev–Trinajstić information content (AvgIpc) is 2.26. The molecule has 84 valence electrons. The summed E-state index contributed by atoms with van der Waals surface area (Å²) in [5.41, 5.74) is 2.66. The van der Waals surface area contributed by atoms with Crippen LogP contribution in [0, 0.1) is 6.92 Å². The predicted molar refractivity (Wildman–Crippen MR) is 64.0 cm³/mol. The second kappa shape index (κ2) is 7.43. The number of rotatable bonds is 7. The monoisotopic (exact) mass is 207 g/mol. The third kappa shape index (κ3) is 5.55. The molecule has 0 amide bonds. The zero-order chi connectivity index (χ0) is 10.9. The lowest BCUT2D eigenvalue weighted by molar-refractivity contribution is 0.144. The molecule has 0 saturated heterocycles. The summed E-state index contributed by atoms with van der Waals surface area (Å²) in [6.07, 6.45) is 1.08. The third-order valence-corrected chi connectivity index (χ3v) is 2.30. The van der Waals surface area contributed by atoms with Gasteiger partial charge in [0.2, 0.25) is 0 Å². The van der Waals surface area contributed by atoms with Crippen LogP contribution in [0.5, 0.6) is 0 Å². The second-order valence-electron chi connectivity index (χ2n) is 3.71. The number of benzene rings is 1. The van der Waals surface area contributed by atoms with Gasteiger partial charge in [0.25, 0.3) is 0 Å². The topological polar surface area (TPSA) is 21.3 Å². The molecule has 0 spiro atoms. The van der Waals surface area contributed by atoms with Crippen LogP contribution >= 0.6 is 0 Å². The highest BCUT2D eigenvalue weighted by molar-refractivity contribution is 5.20. The Kier molecular flexibility index (Phi) is 6.05. The molecule has 0 saturated carbocycles. The largest absolute Gasteiger partial charge is 0.382 e. The standard InChI is InChI=1S/C13H21NO/c1-3-15-10-4-9-14-11-13-7-5-12(2)6-8-13/h5-8,14H,3-4,9-11H2,1-2H3. The molecule has 15 heavy (non-hydrogen) atoms. The van der Waals surface area contributed by atoms with Gasteiger partial charge in [-0.15, -0.1) is 0 Å². The summed E-state index contributed by atoms with van der Waals surface area (Å²) in [6.45, 7) is 7.79. The van der Waals surface area contributed by atoms with E-state index < -0.39 is 0 Å². The molecule has 0 aliphatic rings. The van der Waals surface area contributed by atoms with E-state index in [1.807, 2.05) is 6.92 Å². The van der Waals surface area contributed by atoms with Crippen LogP contribution in [0.2, 0.25) is 0 Å². The maximum atomic E-state index is 5.26. The van der Waals surface area contributed by atoms with E-state index in [2.05, 4.69) is 36.5 Å². The molecule has 0 aliphatic heterocycles. The van der Waals surface area contributed by atoms with E-state index in [-0.39, 0.29) is 0 Å². The summed E-state index contributed by atoms with van der Waals surface area (Å²) in [7, 11) is 0. The fourth-order valence-corrected chi connectivity index (χ4v) is 1.38. The highest BCUT2D eigenvalue weighted by Gasteiger charge is 1.92. The molecular formula is C13H21NO. The van der Waals surface area contributed by atoms with E-state index in [1.54, 1.807) is 0 Å². The van der Waals surface area contributed by atoms with Crippen molar-refractivity contribution in [2.45, 2.75) is 26.8 Å². The minimum absolute atomic E-state index is 0.817. The number of hydrogen-bond donors (Lipinski definition) is 1. The van der Waals surface area contributed by atoms with Gasteiger partial charge in [0.15, 0.2) is 0 Å². The Labute approximate surface area is 92.6 Å². The van der Waals surface area contributed by atoms with Crippen molar-refractivity contribution in [1.29, 1.82) is 0 Å². The van der Waals surface area contributed by atoms with Crippen LogP contribution in [-0.2, 0) is 11.3 Å². The van der Waals surface area contributed by atoms with Crippen LogP contribution in [0.3, 0.4) is 0 Å². The van der Waals surface area contributed by atoms with Gasteiger partial charge in [0.05, 0.1) is 0 Å². The molecule has 0 bridgehead atoms. The highest BCUT2D eigenvalue weighted by atomic mass is 16.5. The van der Waals surface area contributed by atoms with Crippen LogP contribution in [0.15, 0.2) is 24.3 Å². The summed E-state index contributed by atoms with van der Waals surface area (Å²) < 4.78 is 5.26. The Balaban J connectivity index is 2.07. The van der Waals surface area contributed by atoms with Crippen molar-refractivity contribution in [3.05, 3.63) is 35.4 Å². The van der Waals surface area contributed by atoms with Gasteiger partial charge in [0.1, 0.15) is 0 Å². The first-order valence-corrected chi connectivity index (χ1v) is 5.67. The van der Waals surface area contributed by atoms with E-state index in [0.717, 1.165) is 32.7 Å². The van der Waals surface area contributed by atoms with Gasteiger partial charge in [0, 0.05) is 19.8 Å². The molecule has 1 aromatic rings. The second-order valence-corrected chi connectivity index (χ2v) is 3.71. The quantitative estimate of drug-likeness (QED) is 0.694. The first-order chi connectivity index (χ1) is 7.33. The molecule has 0 aliphatic carbocycles. The lowest BCUT2D eigenvalue weighted by Gasteiger charge is -2.05. The molecule has 1 N–H and O–H groups in total. The first kappa shape index (κ1) is 12.2. The molecule has 0 aromatic heterocycles. The van der Waals surface area contributed by atoms with Crippen LogP contribution in [0.25, 0.3) is 0 Å². The van der Waals surface area contributed by atoms with Crippen molar-refractivity contribution in [2.24, 2.45) is 0 Å². The van der Waals surface area contributed by atoms with E-state index in [9.17, 15) is 0 Å². The lowest BCUT2D eigenvalue weighted by Crippen LogP contribution is -2.16. The molecule has 0 unspecified atom stereocenters. The number of aryl methyl sites for hydroxylation is 1. The van der Waals surface area contributed by atoms with Gasteiger partial charge >= 0.3 is 0 Å². The summed E-state index contributed by atoms with van der Waals surface area (Å²) in [6, 6.07) is 8.64. The van der Waals surface area contributed by atoms with Gasteiger partial charge in [-0.05, 0) is 32.4 Å². The molecule has 2 heteroatoms. The Morgan fingerprint density at radius 1 is 1.20 bits per heavy atom. The van der Waals surface area contributed by atoms with E-state index in [0.29, 0.717) is 0 Å². The van der Waals surface area contributed by atoms with Crippen LogP contribution in [0.4, 0.5) is 0 Å². The summed E-state index contributed by atoms with van der Waals surface area (Å²) in [5.74, 6) is 0. The maximum absolute atomic E-state index is 5.26. The SMILES string of the molecule is CCOCCCNCc1ccc(C)cc1. The molecule has 2 nitrogen and oxygen atoms in total. The highest BCUT2D eigenvalue weighted by Crippen LogP contribution is 2.02. The minimum atomic E-state index is 0.817. The van der Waals surface area contributed by atoms with Gasteiger partial charge in [-0.3, -0.25) is 0 Å². The van der Waals surface area contributed by atoms with Crippen molar-refractivity contribution < 1.29 is 4.74 Å². The molecule has 0 atom stereocenters. The lowest BCUT2D eigenvalue weighted by atomic mass is 10.1. The van der Waals surface area contributed by atoms with Crippen molar-refractivity contribution in [3.63, 3.8) is 0 Å². The fourth-order valence-electron chi connectivity index (χ4n) is 1.38. The maximum Gasteiger partial charge on any atom is 0.0477 e. The number of hydrogen-bond acceptors (Lipinski definition) is 2. The molecule has 1 rings (SSSR count). The average molecular weight is 207 g/mol. The van der Waals surface area contributed by atoms with Gasteiger partial charge in [-0.2, -0.15) is 0 Å². The van der Waals surface area contributed by atoms with Crippen LogP contribution in [-0.4, -0.2) is 19.8 Å². The van der Waals surface area contributed by atoms with Gasteiger partial charge < -0.3 is 10.1 Å². The first-order valence-electron chi connectivity index (χ1n) is 5.67. The van der Waals surface area contributed by atoms with Crippen molar-refractivity contribution in [3.8, 4) is 0 Å². The van der Waals surface area contributed by atoms with Crippen molar-refractivity contribution in [1.82, 2.24) is 5.32 Å². The summed E-state index contributed by atoms with van der Waals surface area (Å²) in [4.78, 5) is 0. The minimum Gasteiger partial charge on any atom is -0.382 e. The Morgan fingerprint density at radius 3 is 2.60 bits per heavy atom. The van der Waals surface area contributed by atoms with Crippen LogP contribution < -0.4 is 5.32 Å². The smallest absolute Gasteiger partial charge is 0.0477 e. The zero-order valence-electron chi connectivity index (χ0n) is 9.75. The Morgan fingerprint density at radius 2 is 1.93 bits per heavy atom. The van der Waals surface area contributed by atoms with E-state index >= 15 is 0 Å². The number of ether oxygens (including phenoxy) is 1. The zero-order valence-corrected chi connectivity index (χ0v) is 9.75. The van der Waals surface area contributed by atoms with E-state index in [1.165, 1.54) is 11.1 Å². The third-order valence-electron chi connectivity index (χ3n) is 2.30. The van der Waals surface area contributed by atoms with Gasteiger partial charge in [-0.25, -0.2) is 0 Å². The summed E-state index contributed by atoms with van der Waals surface area (Å²) in [5, 5.41) is 3.40. The molecule has 0 radical (unpaired) electrons. The predicted octanol–water partition coefficient (Wildman–Crippen LogP) is 2.51. The molecule has 0 heterocycles. The number of nitrogens with one attached hydrogen (secondary N) is 1. The molecular weight excluding hydrogens is 186 g/mol. The Bertz CT molecular complexity index is 256. The fraction of sp³-hybridized carbons (Fsp3) is 0.538. The van der Waals surface area contributed by atoms with Gasteiger partial charge in [-0.1, -0.05) is 29.8 Å². The van der Waals surface area contributed by atoms with E-state index in [4.69, 9.17) is 4.74 Å². The molecule has 1 aromatic carbocycles. The Hall–Kier alpha value is -0.860. The van der Waals surface area contributed by atoms with Crippen molar-refractivity contribution in [2.75, 3.05) is 19.8 Å². The molecule has 0 fully saturated rings. The van der Waals surface area contributed by atoms with Crippen LogP contribution in [0.1, 0.15) is 24.5 Å². The normalized spacial score (nSPS) is 10.5. The summed E-state index contributed by atoms with van der Waals surface area (Å²) >= 11 is 0.